The highest BCUT2D eigenvalue weighted by Gasteiger charge is 2.06. The van der Waals surface area contributed by atoms with Crippen LogP contribution in [0, 0.1) is 0 Å². The Hall–Kier alpha value is -0.680. The minimum atomic E-state index is 0.451. The fourth-order valence-corrected chi connectivity index (χ4v) is 2.20. The molecule has 17 heavy (non-hydrogen) atoms. The molecule has 1 heterocycles. The van der Waals surface area contributed by atoms with Crippen LogP contribution in [0.3, 0.4) is 0 Å². The molecule has 0 amide bonds. The Morgan fingerprint density at radius 1 is 1.29 bits per heavy atom. The molecule has 2 N–H and O–H groups in total. The Bertz CT molecular complexity index is 335. The van der Waals surface area contributed by atoms with E-state index in [4.69, 9.17) is 11.6 Å². The molecular formula is C11H19ClN4S. The number of thioether (sulfide) groups is 1. The van der Waals surface area contributed by atoms with Crippen LogP contribution in [0.2, 0.25) is 5.15 Å². The molecule has 0 fully saturated rings. The van der Waals surface area contributed by atoms with Gasteiger partial charge in [0.2, 0.25) is 0 Å². The number of halogens is 1. The van der Waals surface area contributed by atoms with E-state index in [1.807, 2.05) is 18.8 Å². The van der Waals surface area contributed by atoms with Gasteiger partial charge in [0.1, 0.15) is 12.0 Å². The second-order valence-corrected chi connectivity index (χ2v) is 4.96. The lowest BCUT2D eigenvalue weighted by molar-refractivity contribution is 0.748. The van der Waals surface area contributed by atoms with E-state index in [-0.39, 0.29) is 0 Å². The maximum absolute atomic E-state index is 5.95. The van der Waals surface area contributed by atoms with Crippen LogP contribution in [0.1, 0.15) is 19.3 Å². The third-order valence-electron chi connectivity index (χ3n) is 2.37. The van der Waals surface area contributed by atoms with Crippen LogP contribution >= 0.6 is 23.4 Å². The summed E-state index contributed by atoms with van der Waals surface area (Å²) in [6.07, 6.45) is 7.26. The van der Waals surface area contributed by atoms with Crippen molar-refractivity contribution in [2.24, 2.45) is 0 Å². The summed E-state index contributed by atoms with van der Waals surface area (Å²) >= 11 is 7.85. The van der Waals surface area contributed by atoms with E-state index < -0.39 is 0 Å². The fraction of sp³-hybridized carbons (Fsp3) is 0.636. The minimum Gasteiger partial charge on any atom is -0.383 e. The largest absolute Gasteiger partial charge is 0.383 e. The van der Waals surface area contributed by atoms with Crippen molar-refractivity contribution in [3.05, 3.63) is 11.5 Å². The summed E-state index contributed by atoms with van der Waals surface area (Å²) in [6, 6.07) is 0. The van der Waals surface area contributed by atoms with Crippen LogP contribution < -0.4 is 10.6 Å². The van der Waals surface area contributed by atoms with Gasteiger partial charge in [0, 0.05) is 13.6 Å². The third-order valence-corrected chi connectivity index (χ3v) is 3.35. The summed E-state index contributed by atoms with van der Waals surface area (Å²) in [7, 11) is 1.81. The second-order valence-electron chi connectivity index (χ2n) is 3.62. The molecule has 1 rings (SSSR count). The van der Waals surface area contributed by atoms with Crippen molar-refractivity contribution >= 4 is 34.9 Å². The number of anilines is 2. The van der Waals surface area contributed by atoms with Crippen molar-refractivity contribution in [1.82, 2.24) is 9.97 Å². The van der Waals surface area contributed by atoms with Gasteiger partial charge in [-0.25, -0.2) is 9.97 Å². The van der Waals surface area contributed by atoms with Crippen molar-refractivity contribution < 1.29 is 0 Å². The Kier molecular flexibility index (Phi) is 7.12. The summed E-state index contributed by atoms with van der Waals surface area (Å²) in [4.78, 5) is 8.10. The first-order valence-electron chi connectivity index (χ1n) is 5.70. The van der Waals surface area contributed by atoms with Gasteiger partial charge in [0.25, 0.3) is 0 Å². The van der Waals surface area contributed by atoms with Gasteiger partial charge >= 0.3 is 0 Å². The highest BCUT2D eigenvalue weighted by Crippen LogP contribution is 2.25. The Morgan fingerprint density at radius 2 is 2.12 bits per heavy atom. The molecule has 0 aliphatic heterocycles. The normalized spacial score (nSPS) is 10.3. The predicted molar refractivity (Wildman–Crippen MR) is 77.3 cm³/mol. The zero-order chi connectivity index (χ0) is 12.5. The summed E-state index contributed by atoms with van der Waals surface area (Å²) < 4.78 is 0. The summed E-state index contributed by atoms with van der Waals surface area (Å²) in [6.45, 7) is 0.913. The quantitative estimate of drug-likeness (QED) is 0.563. The Balaban J connectivity index is 2.33. The maximum atomic E-state index is 5.95. The predicted octanol–water partition coefficient (Wildman–Crippen LogP) is 3.12. The van der Waals surface area contributed by atoms with Crippen molar-refractivity contribution in [3.8, 4) is 0 Å². The molecule has 0 saturated heterocycles. The van der Waals surface area contributed by atoms with Gasteiger partial charge in [-0.2, -0.15) is 11.8 Å². The zero-order valence-corrected chi connectivity index (χ0v) is 11.9. The van der Waals surface area contributed by atoms with Gasteiger partial charge in [0.05, 0.1) is 0 Å². The van der Waals surface area contributed by atoms with E-state index >= 15 is 0 Å². The summed E-state index contributed by atoms with van der Waals surface area (Å²) in [5.41, 5.74) is 0.762. The first-order valence-corrected chi connectivity index (χ1v) is 7.47. The molecule has 0 atom stereocenters. The van der Waals surface area contributed by atoms with Crippen LogP contribution in [-0.2, 0) is 0 Å². The van der Waals surface area contributed by atoms with E-state index in [1.165, 1.54) is 24.9 Å². The van der Waals surface area contributed by atoms with Crippen LogP contribution in [0.4, 0.5) is 11.5 Å². The van der Waals surface area contributed by atoms with Crippen molar-refractivity contribution in [2.45, 2.75) is 19.3 Å². The monoisotopic (exact) mass is 274 g/mol. The Morgan fingerprint density at radius 3 is 2.82 bits per heavy atom. The highest BCUT2D eigenvalue weighted by atomic mass is 35.5. The third kappa shape index (κ3) is 5.00. The number of hydrogen-bond donors (Lipinski definition) is 2. The molecular weight excluding hydrogens is 256 g/mol. The van der Waals surface area contributed by atoms with Gasteiger partial charge in [0.15, 0.2) is 11.0 Å². The molecule has 0 bridgehead atoms. The first kappa shape index (κ1) is 14.4. The smallest absolute Gasteiger partial charge is 0.157 e. The summed E-state index contributed by atoms with van der Waals surface area (Å²) in [5, 5.41) is 6.73. The Labute approximate surface area is 112 Å². The van der Waals surface area contributed by atoms with E-state index in [0.717, 1.165) is 24.5 Å². The molecule has 6 heteroatoms. The average molecular weight is 275 g/mol. The van der Waals surface area contributed by atoms with Gasteiger partial charge in [-0.05, 0) is 24.9 Å². The van der Waals surface area contributed by atoms with Gasteiger partial charge in [-0.1, -0.05) is 18.0 Å². The lowest BCUT2D eigenvalue weighted by atomic mass is 10.2. The van der Waals surface area contributed by atoms with Crippen LogP contribution in [0.5, 0.6) is 0 Å². The van der Waals surface area contributed by atoms with E-state index in [9.17, 15) is 0 Å². The number of aromatic nitrogens is 2. The van der Waals surface area contributed by atoms with Crippen LogP contribution in [0.25, 0.3) is 0 Å². The lowest BCUT2D eigenvalue weighted by Gasteiger charge is -2.10. The van der Waals surface area contributed by atoms with E-state index in [2.05, 4.69) is 26.9 Å². The molecule has 0 radical (unpaired) electrons. The van der Waals surface area contributed by atoms with Gasteiger partial charge < -0.3 is 10.6 Å². The number of nitrogens with zero attached hydrogens (tertiary/aromatic N) is 2. The van der Waals surface area contributed by atoms with Crippen molar-refractivity contribution in [1.29, 1.82) is 0 Å². The maximum Gasteiger partial charge on any atom is 0.157 e. The molecule has 0 spiro atoms. The van der Waals surface area contributed by atoms with Gasteiger partial charge in [-0.15, -0.1) is 0 Å². The lowest BCUT2D eigenvalue weighted by Crippen LogP contribution is -2.07. The molecule has 4 nitrogen and oxygen atoms in total. The fourth-order valence-electron chi connectivity index (χ4n) is 1.47. The SMILES string of the molecule is CNc1c(Cl)ncnc1NCCCCCSC. The van der Waals surface area contributed by atoms with Crippen molar-refractivity contribution in [3.63, 3.8) is 0 Å². The van der Waals surface area contributed by atoms with Crippen molar-refractivity contribution in [2.75, 3.05) is 36.2 Å². The number of rotatable bonds is 8. The molecule has 1 aromatic rings. The molecule has 0 aliphatic rings. The standard InChI is InChI=1S/C11H19ClN4S/c1-13-9-10(12)15-8-16-11(9)14-6-4-3-5-7-17-2/h8,13H,3-7H2,1-2H3,(H,14,15,16). The van der Waals surface area contributed by atoms with Crippen LogP contribution in [0.15, 0.2) is 6.33 Å². The molecule has 0 saturated carbocycles. The minimum absolute atomic E-state index is 0.451. The molecule has 96 valence electrons. The molecule has 1 aromatic heterocycles. The number of unbranched alkanes of at least 4 members (excludes halogenated alkanes) is 2. The molecule has 0 aliphatic carbocycles. The topological polar surface area (TPSA) is 49.8 Å². The average Bonchev–Trinajstić information content (AvgIpc) is 2.34. The summed E-state index contributed by atoms with van der Waals surface area (Å²) in [5.74, 6) is 2.01. The van der Waals surface area contributed by atoms with Gasteiger partial charge in [-0.3, -0.25) is 0 Å². The van der Waals surface area contributed by atoms with Crippen LogP contribution in [-0.4, -0.2) is 35.6 Å². The second kappa shape index (κ2) is 8.42. The zero-order valence-electron chi connectivity index (χ0n) is 10.3. The molecule has 0 aromatic carbocycles. The first-order chi connectivity index (χ1) is 8.29. The van der Waals surface area contributed by atoms with E-state index in [0.29, 0.717) is 5.15 Å². The molecule has 0 unspecified atom stereocenters. The van der Waals surface area contributed by atoms with E-state index in [1.54, 1.807) is 0 Å². The number of hydrogen-bond acceptors (Lipinski definition) is 5. The number of nitrogens with one attached hydrogen (secondary N) is 2. The highest BCUT2D eigenvalue weighted by molar-refractivity contribution is 7.98.